The van der Waals surface area contributed by atoms with Crippen molar-refractivity contribution in [2.75, 3.05) is 17.1 Å². The number of hydrogen-bond donors (Lipinski definition) is 1. The molecule has 2 aromatic rings. The van der Waals surface area contributed by atoms with Crippen LogP contribution in [0, 0.1) is 0 Å². The Morgan fingerprint density at radius 3 is 2.29 bits per heavy atom. The molecule has 0 aliphatic heterocycles. The van der Waals surface area contributed by atoms with Crippen molar-refractivity contribution in [2.24, 2.45) is 0 Å². The first-order valence-corrected chi connectivity index (χ1v) is 8.31. The van der Waals surface area contributed by atoms with Crippen LogP contribution in [0.2, 0.25) is 5.02 Å². The number of nitrogens with zero attached hydrogens (tertiary/aromatic N) is 1. The first-order valence-electron chi connectivity index (χ1n) is 6.49. The van der Waals surface area contributed by atoms with Crippen LogP contribution < -0.4 is 10.0 Å². The average molecular weight is 325 g/mol. The molecule has 112 valence electrons. The molecule has 0 aliphatic rings. The lowest BCUT2D eigenvalue weighted by molar-refractivity contribution is 0.595. The van der Waals surface area contributed by atoms with Crippen LogP contribution in [-0.2, 0) is 16.4 Å². The number of nitrogen functional groups attached to an aromatic ring is 1. The maximum atomic E-state index is 12.7. The maximum Gasteiger partial charge on any atom is 0.267 e. The van der Waals surface area contributed by atoms with E-state index in [9.17, 15) is 8.42 Å². The van der Waals surface area contributed by atoms with Crippen LogP contribution in [-0.4, -0.2) is 15.5 Å². The minimum atomic E-state index is -3.80. The molecule has 2 N–H and O–H groups in total. The summed E-state index contributed by atoms with van der Waals surface area (Å²) in [4.78, 5) is -0.0614. The Bertz CT molecular complexity index is 723. The van der Waals surface area contributed by atoms with Crippen molar-refractivity contribution in [3.05, 3.63) is 53.1 Å². The minimum absolute atomic E-state index is 0.0614. The molecule has 0 unspecified atom stereocenters. The van der Waals surface area contributed by atoms with Gasteiger partial charge >= 0.3 is 0 Å². The third kappa shape index (κ3) is 2.99. The van der Waals surface area contributed by atoms with Crippen molar-refractivity contribution in [2.45, 2.75) is 18.2 Å². The zero-order valence-corrected chi connectivity index (χ0v) is 13.4. The molecule has 2 rings (SSSR count). The summed E-state index contributed by atoms with van der Waals surface area (Å²) in [5.41, 5.74) is 7.62. The molecule has 0 fully saturated rings. The molecule has 0 bridgehead atoms. The van der Waals surface area contributed by atoms with Crippen molar-refractivity contribution in [1.82, 2.24) is 0 Å². The topological polar surface area (TPSA) is 63.4 Å². The first kappa shape index (κ1) is 15.7. The van der Waals surface area contributed by atoms with Crippen molar-refractivity contribution in [3.63, 3.8) is 0 Å². The molecule has 4 nitrogen and oxygen atoms in total. The number of aryl methyl sites for hydroxylation is 1. The van der Waals surface area contributed by atoms with Gasteiger partial charge in [0.1, 0.15) is 4.90 Å². The highest BCUT2D eigenvalue weighted by Gasteiger charge is 2.26. The van der Waals surface area contributed by atoms with Gasteiger partial charge in [-0.1, -0.05) is 36.7 Å². The summed E-state index contributed by atoms with van der Waals surface area (Å²) in [5.74, 6) is 0. The molecule has 6 heteroatoms. The van der Waals surface area contributed by atoms with Crippen LogP contribution in [0.3, 0.4) is 0 Å². The quantitative estimate of drug-likeness (QED) is 0.878. The van der Waals surface area contributed by atoms with Crippen LogP contribution in [0.15, 0.2) is 47.4 Å². The summed E-state index contributed by atoms with van der Waals surface area (Å²) in [6.07, 6.45) is 0.897. The molecular weight excluding hydrogens is 308 g/mol. The Kier molecular flexibility index (Phi) is 4.44. The van der Waals surface area contributed by atoms with Gasteiger partial charge in [0.2, 0.25) is 0 Å². The molecule has 0 heterocycles. The van der Waals surface area contributed by atoms with E-state index < -0.39 is 10.0 Å². The molecule has 0 radical (unpaired) electrons. The minimum Gasteiger partial charge on any atom is -0.398 e. The van der Waals surface area contributed by atoms with Crippen LogP contribution in [0.5, 0.6) is 0 Å². The van der Waals surface area contributed by atoms with E-state index in [4.69, 9.17) is 17.3 Å². The fraction of sp³-hybridized carbons (Fsp3) is 0.200. The number of benzene rings is 2. The van der Waals surface area contributed by atoms with Gasteiger partial charge in [0, 0.05) is 7.05 Å². The number of anilines is 2. The van der Waals surface area contributed by atoms with Crippen molar-refractivity contribution >= 4 is 33.0 Å². The van der Waals surface area contributed by atoms with Gasteiger partial charge in [-0.25, -0.2) is 8.42 Å². The van der Waals surface area contributed by atoms with Gasteiger partial charge in [0.25, 0.3) is 10.0 Å². The second kappa shape index (κ2) is 5.95. The van der Waals surface area contributed by atoms with Crippen molar-refractivity contribution in [1.29, 1.82) is 0 Å². The maximum absolute atomic E-state index is 12.7. The Labute approximate surface area is 130 Å². The fourth-order valence-electron chi connectivity index (χ4n) is 2.01. The van der Waals surface area contributed by atoms with Crippen molar-refractivity contribution < 1.29 is 8.42 Å². The average Bonchev–Trinajstić information content (AvgIpc) is 2.46. The van der Waals surface area contributed by atoms with Gasteiger partial charge in [-0.2, -0.15) is 0 Å². The molecule has 0 aromatic heterocycles. The van der Waals surface area contributed by atoms with E-state index in [1.807, 2.05) is 19.1 Å². The number of nitrogens with two attached hydrogens (primary N) is 1. The van der Waals surface area contributed by atoms with E-state index in [1.165, 1.54) is 23.5 Å². The summed E-state index contributed by atoms with van der Waals surface area (Å²) in [6.45, 7) is 2.04. The second-order valence-electron chi connectivity index (χ2n) is 4.65. The molecule has 21 heavy (non-hydrogen) atoms. The van der Waals surface area contributed by atoms with Gasteiger partial charge < -0.3 is 5.73 Å². The highest BCUT2D eigenvalue weighted by molar-refractivity contribution is 7.93. The number of sulfonamides is 1. The summed E-state index contributed by atoms with van der Waals surface area (Å²) in [6, 6.07) is 12.0. The summed E-state index contributed by atoms with van der Waals surface area (Å²) in [5, 5.41) is 0.118. The van der Waals surface area contributed by atoms with Crippen LogP contribution in [0.25, 0.3) is 0 Å². The highest BCUT2D eigenvalue weighted by Crippen LogP contribution is 2.31. The Balaban J connectivity index is 2.47. The Hall–Kier alpha value is -1.72. The van der Waals surface area contributed by atoms with Gasteiger partial charge in [-0.3, -0.25) is 4.31 Å². The summed E-state index contributed by atoms with van der Waals surface area (Å²) >= 11 is 6.01. The van der Waals surface area contributed by atoms with Crippen LogP contribution in [0.1, 0.15) is 12.5 Å². The molecular formula is C15H17ClN2O2S. The molecule has 2 aromatic carbocycles. The molecule has 0 saturated heterocycles. The predicted octanol–water partition coefficient (Wildman–Crippen LogP) is 3.31. The van der Waals surface area contributed by atoms with Gasteiger partial charge in [-0.05, 0) is 36.2 Å². The SMILES string of the molecule is CCc1ccc(N(C)S(=O)(=O)c2c(N)cccc2Cl)cc1. The largest absolute Gasteiger partial charge is 0.398 e. The predicted molar refractivity (Wildman–Crippen MR) is 87.3 cm³/mol. The van der Waals surface area contributed by atoms with E-state index in [0.29, 0.717) is 5.69 Å². The van der Waals surface area contributed by atoms with E-state index in [-0.39, 0.29) is 15.6 Å². The lowest BCUT2D eigenvalue weighted by Crippen LogP contribution is -2.27. The lowest BCUT2D eigenvalue weighted by Gasteiger charge is -2.21. The third-order valence-corrected chi connectivity index (χ3v) is 5.65. The van der Waals surface area contributed by atoms with E-state index in [1.54, 1.807) is 18.2 Å². The Morgan fingerprint density at radius 1 is 1.14 bits per heavy atom. The highest BCUT2D eigenvalue weighted by atomic mass is 35.5. The fourth-order valence-corrected chi connectivity index (χ4v) is 3.84. The Morgan fingerprint density at radius 2 is 1.76 bits per heavy atom. The summed E-state index contributed by atoms with van der Waals surface area (Å²) < 4.78 is 26.6. The van der Waals surface area contributed by atoms with E-state index >= 15 is 0 Å². The van der Waals surface area contributed by atoms with E-state index in [0.717, 1.165) is 12.0 Å². The molecule has 0 atom stereocenters. The van der Waals surface area contributed by atoms with Crippen LogP contribution in [0.4, 0.5) is 11.4 Å². The zero-order chi connectivity index (χ0) is 15.6. The normalized spacial score (nSPS) is 11.4. The lowest BCUT2D eigenvalue weighted by atomic mass is 10.1. The molecule has 0 aliphatic carbocycles. The smallest absolute Gasteiger partial charge is 0.267 e. The molecule has 0 saturated carbocycles. The van der Waals surface area contributed by atoms with Gasteiger partial charge in [0.15, 0.2) is 0 Å². The first-order chi connectivity index (χ1) is 9.87. The van der Waals surface area contributed by atoms with Crippen molar-refractivity contribution in [3.8, 4) is 0 Å². The van der Waals surface area contributed by atoms with Gasteiger partial charge in [-0.15, -0.1) is 0 Å². The van der Waals surface area contributed by atoms with Crippen LogP contribution >= 0.6 is 11.6 Å². The number of halogens is 1. The molecule has 0 spiro atoms. The second-order valence-corrected chi connectivity index (χ2v) is 6.96. The zero-order valence-electron chi connectivity index (χ0n) is 11.9. The van der Waals surface area contributed by atoms with E-state index in [2.05, 4.69) is 0 Å². The number of hydrogen-bond acceptors (Lipinski definition) is 3. The third-order valence-electron chi connectivity index (χ3n) is 3.32. The summed E-state index contributed by atoms with van der Waals surface area (Å²) in [7, 11) is -2.31. The van der Waals surface area contributed by atoms with Gasteiger partial charge in [0.05, 0.1) is 16.4 Å². The molecule has 0 amide bonds. The number of rotatable bonds is 4. The monoisotopic (exact) mass is 324 g/mol. The standard InChI is InChI=1S/C15H17ClN2O2S/c1-3-11-7-9-12(10-8-11)18(2)21(19,20)15-13(16)5-4-6-14(15)17/h4-10H,3,17H2,1-2H3.